The van der Waals surface area contributed by atoms with E-state index < -0.39 is 6.10 Å². The molecule has 1 N–H and O–H groups in total. The molecule has 0 fully saturated rings. The summed E-state index contributed by atoms with van der Waals surface area (Å²) in [6.07, 6.45) is 2.43. The van der Waals surface area contributed by atoms with Crippen LogP contribution in [0.5, 0.6) is 11.6 Å². The molecule has 21 heavy (non-hydrogen) atoms. The predicted octanol–water partition coefficient (Wildman–Crippen LogP) is 2.00. The smallest absolute Gasteiger partial charge is 0.217 e. The van der Waals surface area contributed by atoms with Crippen molar-refractivity contribution in [2.45, 2.75) is 33.0 Å². The van der Waals surface area contributed by atoms with Gasteiger partial charge in [0.2, 0.25) is 5.88 Å². The molecule has 1 atom stereocenters. The molecule has 0 aliphatic heterocycles. The summed E-state index contributed by atoms with van der Waals surface area (Å²) >= 11 is 0. The average molecular weight is 291 g/mol. The molecule has 2 heterocycles. The van der Waals surface area contributed by atoms with Gasteiger partial charge in [-0.3, -0.25) is 4.98 Å². The number of aromatic nitrogens is 3. The van der Waals surface area contributed by atoms with Crippen LogP contribution in [0.15, 0.2) is 18.5 Å². The number of aliphatic hydroxyl groups excluding tert-OH is 1. The summed E-state index contributed by atoms with van der Waals surface area (Å²) in [6.45, 7) is 5.72. The fourth-order valence-electron chi connectivity index (χ4n) is 2.30. The Morgan fingerprint density at radius 1 is 1.29 bits per heavy atom. The second-order valence-corrected chi connectivity index (χ2v) is 5.16. The lowest BCUT2D eigenvalue weighted by atomic mass is 10.0. The summed E-state index contributed by atoms with van der Waals surface area (Å²) in [5.74, 6) is 1.16. The van der Waals surface area contributed by atoms with Crippen molar-refractivity contribution >= 4 is 0 Å². The largest absolute Gasteiger partial charge is 0.489 e. The molecule has 2 rings (SSSR count). The maximum atomic E-state index is 10.6. The summed E-state index contributed by atoms with van der Waals surface area (Å²) in [5, 5.41) is 14.9. The Labute approximate surface area is 124 Å². The molecule has 114 valence electrons. The quantitative estimate of drug-likeness (QED) is 0.912. The van der Waals surface area contributed by atoms with Gasteiger partial charge in [0, 0.05) is 18.8 Å². The number of rotatable bonds is 5. The van der Waals surface area contributed by atoms with E-state index in [-0.39, 0.29) is 6.10 Å². The van der Waals surface area contributed by atoms with E-state index in [0.29, 0.717) is 22.8 Å². The van der Waals surface area contributed by atoms with Crippen molar-refractivity contribution in [2.75, 3.05) is 7.11 Å². The first-order chi connectivity index (χ1) is 9.93. The normalized spacial score (nSPS) is 12.5. The molecule has 6 nitrogen and oxygen atoms in total. The Morgan fingerprint density at radius 3 is 2.62 bits per heavy atom. The van der Waals surface area contributed by atoms with Crippen LogP contribution in [0.3, 0.4) is 0 Å². The molecule has 0 radical (unpaired) electrons. The molecule has 0 bridgehead atoms. The highest BCUT2D eigenvalue weighted by atomic mass is 16.5. The van der Waals surface area contributed by atoms with Gasteiger partial charge in [0.1, 0.15) is 11.9 Å². The van der Waals surface area contributed by atoms with Crippen molar-refractivity contribution in [3.8, 4) is 11.6 Å². The fraction of sp³-hybridized carbons (Fsp3) is 0.467. The van der Waals surface area contributed by atoms with Crippen molar-refractivity contribution < 1.29 is 14.6 Å². The standard InChI is InChI=1S/C15H21N3O3/c1-9(2)21-12-6-11(7-16-8-12)14(19)13-10(3)17-18(4)15(13)20-5/h6-9,14,19H,1-5H3. The van der Waals surface area contributed by atoms with Crippen LogP contribution in [0.25, 0.3) is 0 Å². The lowest BCUT2D eigenvalue weighted by Crippen LogP contribution is -2.08. The summed E-state index contributed by atoms with van der Waals surface area (Å²) in [4.78, 5) is 4.12. The van der Waals surface area contributed by atoms with Crippen LogP contribution in [0.1, 0.15) is 36.8 Å². The number of methoxy groups -OCH3 is 1. The average Bonchev–Trinajstić information content (AvgIpc) is 2.71. The molecule has 2 aromatic heterocycles. The van der Waals surface area contributed by atoms with Crippen molar-refractivity contribution in [2.24, 2.45) is 7.05 Å². The van der Waals surface area contributed by atoms with E-state index in [2.05, 4.69) is 10.1 Å². The van der Waals surface area contributed by atoms with Crippen LogP contribution < -0.4 is 9.47 Å². The molecule has 0 saturated heterocycles. The predicted molar refractivity (Wildman–Crippen MR) is 78.6 cm³/mol. The Hall–Kier alpha value is -2.08. The SMILES string of the molecule is COc1c(C(O)c2cncc(OC(C)C)c2)c(C)nn1C. The Kier molecular flexibility index (Phi) is 4.47. The van der Waals surface area contributed by atoms with E-state index in [1.165, 1.54) is 0 Å². The molecule has 0 saturated carbocycles. The van der Waals surface area contributed by atoms with Crippen molar-refractivity contribution in [1.82, 2.24) is 14.8 Å². The molecular formula is C15H21N3O3. The van der Waals surface area contributed by atoms with Gasteiger partial charge in [-0.05, 0) is 26.8 Å². The molecule has 2 aromatic rings. The highest BCUT2D eigenvalue weighted by Gasteiger charge is 2.23. The zero-order valence-corrected chi connectivity index (χ0v) is 13.0. The van der Waals surface area contributed by atoms with Gasteiger partial charge >= 0.3 is 0 Å². The van der Waals surface area contributed by atoms with E-state index >= 15 is 0 Å². The van der Waals surface area contributed by atoms with Crippen LogP contribution in [-0.2, 0) is 7.05 Å². The van der Waals surface area contributed by atoms with Gasteiger partial charge in [0.05, 0.1) is 30.7 Å². The van der Waals surface area contributed by atoms with Crippen molar-refractivity contribution in [3.63, 3.8) is 0 Å². The number of pyridine rings is 1. The van der Waals surface area contributed by atoms with Gasteiger partial charge in [0.25, 0.3) is 0 Å². The highest BCUT2D eigenvalue weighted by molar-refractivity contribution is 5.40. The van der Waals surface area contributed by atoms with Gasteiger partial charge in [-0.2, -0.15) is 5.10 Å². The van der Waals surface area contributed by atoms with Crippen LogP contribution >= 0.6 is 0 Å². The zero-order valence-electron chi connectivity index (χ0n) is 13.0. The summed E-state index contributed by atoms with van der Waals surface area (Å²) in [5.41, 5.74) is 2.00. The lowest BCUT2D eigenvalue weighted by Gasteiger charge is -2.15. The highest BCUT2D eigenvalue weighted by Crippen LogP contribution is 2.33. The number of aryl methyl sites for hydroxylation is 2. The number of hydrogen-bond donors (Lipinski definition) is 1. The zero-order chi connectivity index (χ0) is 15.6. The molecule has 1 unspecified atom stereocenters. The molecular weight excluding hydrogens is 270 g/mol. The minimum Gasteiger partial charge on any atom is -0.489 e. The molecule has 0 spiro atoms. The number of nitrogens with zero attached hydrogens (tertiary/aromatic N) is 3. The minimum absolute atomic E-state index is 0.0499. The van der Waals surface area contributed by atoms with E-state index in [4.69, 9.17) is 9.47 Å². The Bertz CT molecular complexity index is 623. The maximum Gasteiger partial charge on any atom is 0.217 e. The molecule has 0 aliphatic carbocycles. The summed E-state index contributed by atoms with van der Waals surface area (Å²) in [7, 11) is 3.34. The molecule has 0 amide bonds. The Morgan fingerprint density at radius 2 is 2.00 bits per heavy atom. The summed E-state index contributed by atoms with van der Waals surface area (Å²) < 4.78 is 12.5. The van der Waals surface area contributed by atoms with E-state index in [1.807, 2.05) is 20.8 Å². The molecule has 0 aliphatic rings. The monoisotopic (exact) mass is 291 g/mol. The first-order valence-corrected chi connectivity index (χ1v) is 6.81. The number of aliphatic hydroxyl groups is 1. The fourth-order valence-corrected chi connectivity index (χ4v) is 2.30. The molecule has 0 aromatic carbocycles. The topological polar surface area (TPSA) is 69.4 Å². The van der Waals surface area contributed by atoms with Gasteiger partial charge in [0.15, 0.2) is 0 Å². The van der Waals surface area contributed by atoms with E-state index in [9.17, 15) is 5.11 Å². The van der Waals surface area contributed by atoms with Crippen LogP contribution in [0, 0.1) is 6.92 Å². The maximum absolute atomic E-state index is 10.6. The van der Waals surface area contributed by atoms with Crippen LogP contribution in [0.2, 0.25) is 0 Å². The molecule has 6 heteroatoms. The van der Waals surface area contributed by atoms with Crippen LogP contribution in [-0.4, -0.2) is 33.1 Å². The van der Waals surface area contributed by atoms with Gasteiger partial charge in [-0.1, -0.05) is 0 Å². The van der Waals surface area contributed by atoms with Gasteiger partial charge < -0.3 is 14.6 Å². The van der Waals surface area contributed by atoms with Gasteiger partial charge in [-0.25, -0.2) is 4.68 Å². The van der Waals surface area contributed by atoms with Crippen molar-refractivity contribution in [3.05, 3.63) is 35.3 Å². The third-order valence-corrected chi connectivity index (χ3v) is 3.10. The lowest BCUT2D eigenvalue weighted by molar-refractivity contribution is 0.209. The summed E-state index contributed by atoms with van der Waals surface area (Å²) in [6, 6.07) is 1.78. The third-order valence-electron chi connectivity index (χ3n) is 3.10. The van der Waals surface area contributed by atoms with E-state index in [0.717, 1.165) is 5.69 Å². The van der Waals surface area contributed by atoms with E-state index in [1.54, 1.807) is 37.3 Å². The number of hydrogen-bond acceptors (Lipinski definition) is 5. The second kappa shape index (κ2) is 6.13. The second-order valence-electron chi connectivity index (χ2n) is 5.16. The first-order valence-electron chi connectivity index (χ1n) is 6.81. The van der Waals surface area contributed by atoms with Crippen LogP contribution in [0.4, 0.5) is 0 Å². The minimum atomic E-state index is -0.864. The third kappa shape index (κ3) is 3.16. The first kappa shape index (κ1) is 15.3. The van der Waals surface area contributed by atoms with Gasteiger partial charge in [-0.15, -0.1) is 0 Å². The Balaban J connectivity index is 2.38. The number of ether oxygens (including phenoxy) is 2. The van der Waals surface area contributed by atoms with Crippen molar-refractivity contribution in [1.29, 1.82) is 0 Å².